The van der Waals surface area contributed by atoms with Crippen molar-refractivity contribution in [3.8, 4) is 5.75 Å². The molecule has 1 rings (SSSR count). The molecule has 0 aliphatic rings. The number of halogens is 1. The summed E-state index contributed by atoms with van der Waals surface area (Å²) in [4.78, 5) is 11.8. The highest BCUT2D eigenvalue weighted by atomic mass is 35.5. The van der Waals surface area contributed by atoms with Crippen molar-refractivity contribution >= 4 is 18.3 Å². The van der Waals surface area contributed by atoms with Crippen LogP contribution in [0.2, 0.25) is 0 Å². The van der Waals surface area contributed by atoms with Crippen LogP contribution in [0.1, 0.15) is 26.3 Å². The molecular formula is C16H27ClN2O3. The van der Waals surface area contributed by atoms with Crippen molar-refractivity contribution in [2.75, 3.05) is 26.9 Å². The second-order valence-electron chi connectivity index (χ2n) is 5.86. The van der Waals surface area contributed by atoms with Crippen molar-refractivity contribution in [2.45, 2.75) is 32.9 Å². The second kappa shape index (κ2) is 10.4. The number of methoxy groups -OCH3 is 1. The zero-order valence-electron chi connectivity index (χ0n) is 13.8. The molecule has 2 N–H and O–H groups in total. The van der Waals surface area contributed by atoms with Crippen LogP contribution in [0.4, 0.5) is 0 Å². The van der Waals surface area contributed by atoms with Crippen LogP contribution < -0.4 is 15.4 Å². The predicted octanol–water partition coefficient (Wildman–Crippen LogP) is 2.14. The van der Waals surface area contributed by atoms with Crippen molar-refractivity contribution in [2.24, 2.45) is 0 Å². The molecule has 0 spiro atoms. The lowest BCUT2D eigenvalue weighted by atomic mass is 10.1. The third-order valence-electron chi connectivity index (χ3n) is 2.64. The van der Waals surface area contributed by atoms with Crippen LogP contribution >= 0.6 is 12.4 Å². The third kappa shape index (κ3) is 8.87. The summed E-state index contributed by atoms with van der Waals surface area (Å²) in [7, 11) is 1.67. The van der Waals surface area contributed by atoms with E-state index in [9.17, 15) is 4.79 Å². The Morgan fingerprint density at radius 2 is 1.91 bits per heavy atom. The molecule has 1 amide bonds. The summed E-state index contributed by atoms with van der Waals surface area (Å²) in [6, 6.07) is 7.71. The summed E-state index contributed by atoms with van der Waals surface area (Å²) in [5.74, 6) is 0.608. The van der Waals surface area contributed by atoms with Gasteiger partial charge in [-0.1, -0.05) is 18.2 Å². The van der Waals surface area contributed by atoms with Gasteiger partial charge in [0, 0.05) is 31.3 Å². The van der Waals surface area contributed by atoms with E-state index < -0.39 is 0 Å². The molecular weight excluding hydrogens is 304 g/mol. The van der Waals surface area contributed by atoms with E-state index in [2.05, 4.69) is 10.6 Å². The molecule has 1 aromatic rings. The molecule has 0 radical (unpaired) electrons. The number of carbonyl (C=O) groups excluding carboxylic acids is 1. The van der Waals surface area contributed by atoms with E-state index in [1.54, 1.807) is 7.11 Å². The van der Waals surface area contributed by atoms with E-state index in [4.69, 9.17) is 9.47 Å². The van der Waals surface area contributed by atoms with Gasteiger partial charge in [-0.05, 0) is 26.8 Å². The average molecular weight is 331 g/mol. The minimum atomic E-state index is -0.248. The summed E-state index contributed by atoms with van der Waals surface area (Å²) in [6.07, 6.45) is 0. The first-order chi connectivity index (χ1) is 9.92. The molecule has 0 heterocycles. The van der Waals surface area contributed by atoms with Crippen LogP contribution in [0, 0.1) is 0 Å². The minimum absolute atomic E-state index is 0. The molecule has 0 aliphatic heterocycles. The Hall–Kier alpha value is -1.30. The van der Waals surface area contributed by atoms with Gasteiger partial charge in [0.1, 0.15) is 5.75 Å². The molecule has 22 heavy (non-hydrogen) atoms. The molecule has 0 unspecified atom stereocenters. The Kier molecular flexibility index (Phi) is 9.81. The third-order valence-corrected chi connectivity index (χ3v) is 2.64. The highest BCUT2D eigenvalue weighted by Gasteiger charge is 2.14. The van der Waals surface area contributed by atoms with Crippen molar-refractivity contribution in [3.63, 3.8) is 0 Å². The lowest BCUT2D eigenvalue weighted by Crippen LogP contribution is -2.43. The van der Waals surface area contributed by atoms with Crippen LogP contribution in [0.5, 0.6) is 5.75 Å². The summed E-state index contributed by atoms with van der Waals surface area (Å²) in [5.41, 5.74) is 0.777. The van der Waals surface area contributed by atoms with Crippen molar-refractivity contribution < 1.29 is 14.3 Å². The number of ether oxygens (including phenoxy) is 2. The van der Waals surface area contributed by atoms with E-state index in [0.717, 1.165) is 17.9 Å². The number of carbonyl (C=O) groups is 1. The molecule has 0 bridgehead atoms. The van der Waals surface area contributed by atoms with Crippen molar-refractivity contribution in [3.05, 3.63) is 29.8 Å². The lowest BCUT2D eigenvalue weighted by Gasteiger charge is -2.20. The van der Waals surface area contributed by atoms with Gasteiger partial charge in [-0.2, -0.15) is 0 Å². The fraction of sp³-hybridized carbons (Fsp3) is 0.562. The smallest absolute Gasteiger partial charge is 0.258 e. The Labute approximate surface area is 139 Å². The van der Waals surface area contributed by atoms with Gasteiger partial charge in [0.2, 0.25) is 0 Å². The topological polar surface area (TPSA) is 59.6 Å². The number of benzene rings is 1. The van der Waals surface area contributed by atoms with Crippen LogP contribution in [0.3, 0.4) is 0 Å². The zero-order valence-corrected chi connectivity index (χ0v) is 14.6. The standard InChI is InChI=1S/C16H26N2O3.ClH/c1-16(2,3)18-15(19)12-21-14-8-6-5-7-13(14)11-17-9-10-20-4;/h5-8,17H,9-12H2,1-4H3,(H,18,19);1H. The minimum Gasteiger partial charge on any atom is -0.483 e. The molecule has 5 nitrogen and oxygen atoms in total. The van der Waals surface area contributed by atoms with E-state index in [0.29, 0.717) is 13.2 Å². The van der Waals surface area contributed by atoms with Gasteiger partial charge in [0.15, 0.2) is 6.61 Å². The first-order valence-corrected chi connectivity index (χ1v) is 7.14. The first kappa shape index (κ1) is 20.7. The van der Waals surface area contributed by atoms with Gasteiger partial charge in [-0.3, -0.25) is 4.79 Å². The quantitative estimate of drug-likeness (QED) is 0.717. The Morgan fingerprint density at radius 1 is 1.23 bits per heavy atom. The average Bonchev–Trinajstić information content (AvgIpc) is 2.40. The van der Waals surface area contributed by atoms with Gasteiger partial charge in [-0.25, -0.2) is 0 Å². The highest BCUT2D eigenvalue weighted by Crippen LogP contribution is 2.17. The van der Waals surface area contributed by atoms with E-state index in [1.165, 1.54) is 0 Å². The normalized spacial score (nSPS) is 10.7. The Bertz CT molecular complexity index is 447. The first-order valence-electron chi connectivity index (χ1n) is 7.14. The van der Waals surface area contributed by atoms with Crippen molar-refractivity contribution in [1.29, 1.82) is 0 Å². The predicted molar refractivity (Wildman–Crippen MR) is 90.7 cm³/mol. The SMILES string of the molecule is COCCNCc1ccccc1OCC(=O)NC(C)(C)C.Cl. The van der Waals surface area contributed by atoms with Gasteiger partial charge < -0.3 is 20.1 Å². The second-order valence-corrected chi connectivity index (χ2v) is 5.86. The van der Waals surface area contributed by atoms with E-state index in [-0.39, 0.29) is 30.5 Å². The number of nitrogens with one attached hydrogen (secondary N) is 2. The fourth-order valence-corrected chi connectivity index (χ4v) is 1.79. The van der Waals surface area contributed by atoms with Crippen LogP contribution in [0.15, 0.2) is 24.3 Å². The molecule has 0 saturated heterocycles. The molecule has 0 fully saturated rings. The maximum Gasteiger partial charge on any atom is 0.258 e. The van der Waals surface area contributed by atoms with E-state index >= 15 is 0 Å². The van der Waals surface area contributed by atoms with Gasteiger partial charge in [0.05, 0.1) is 6.61 Å². The maximum absolute atomic E-state index is 11.8. The number of amides is 1. The molecule has 0 aromatic heterocycles. The number of hydrogen-bond donors (Lipinski definition) is 2. The van der Waals surface area contributed by atoms with Gasteiger partial charge >= 0.3 is 0 Å². The van der Waals surface area contributed by atoms with Crippen LogP contribution in [-0.4, -0.2) is 38.3 Å². The highest BCUT2D eigenvalue weighted by molar-refractivity contribution is 5.85. The zero-order chi connectivity index (χ0) is 15.7. The number of para-hydroxylation sites is 1. The molecule has 0 atom stereocenters. The number of hydrogen-bond acceptors (Lipinski definition) is 4. The largest absolute Gasteiger partial charge is 0.483 e. The summed E-state index contributed by atoms with van der Waals surface area (Å²) in [6.45, 7) is 7.97. The van der Waals surface area contributed by atoms with Crippen LogP contribution in [-0.2, 0) is 16.1 Å². The summed E-state index contributed by atoms with van der Waals surface area (Å²) in [5, 5.41) is 6.14. The Balaban J connectivity index is 0.00000441. The van der Waals surface area contributed by atoms with Gasteiger partial charge in [-0.15, -0.1) is 12.4 Å². The van der Waals surface area contributed by atoms with E-state index in [1.807, 2.05) is 45.0 Å². The molecule has 126 valence electrons. The van der Waals surface area contributed by atoms with Crippen LogP contribution in [0.25, 0.3) is 0 Å². The fourth-order valence-electron chi connectivity index (χ4n) is 1.79. The van der Waals surface area contributed by atoms with Gasteiger partial charge in [0.25, 0.3) is 5.91 Å². The number of rotatable bonds is 8. The summed E-state index contributed by atoms with van der Waals surface area (Å²) >= 11 is 0. The monoisotopic (exact) mass is 330 g/mol. The lowest BCUT2D eigenvalue weighted by molar-refractivity contribution is -0.124. The maximum atomic E-state index is 11.8. The molecule has 6 heteroatoms. The molecule has 0 aliphatic carbocycles. The summed E-state index contributed by atoms with van der Waals surface area (Å²) < 4.78 is 10.6. The molecule has 0 saturated carbocycles. The van der Waals surface area contributed by atoms with Crippen molar-refractivity contribution in [1.82, 2.24) is 10.6 Å². The molecule has 1 aromatic carbocycles. The Morgan fingerprint density at radius 3 is 2.55 bits per heavy atom.